The number of aromatic carboxylic acids is 1. The number of carboxylic acids is 1. The lowest BCUT2D eigenvalue weighted by atomic mass is 8.56. The van der Waals surface area contributed by atoms with E-state index in [-0.39, 0.29) is 63.1 Å². The first-order chi connectivity index (χ1) is 50.0. The summed E-state index contributed by atoms with van der Waals surface area (Å²) in [5, 5.41) is 16.7. The van der Waals surface area contributed by atoms with Crippen molar-refractivity contribution in [2.75, 3.05) is 119 Å². The molecule has 23 nitrogen and oxygen atoms in total. The number of nitrogens with zero attached hydrogens (tertiary/aromatic N) is 6. The van der Waals surface area contributed by atoms with Crippen molar-refractivity contribution < 1.29 is 69.5 Å². The molecule has 6 aliphatic heterocycles. The average molecular weight is 1450 g/mol. The van der Waals surface area contributed by atoms with Gasteiger partial charge in [0.1, 0.15) is 11.5 Å². The summed E-state index contributed by atoms with van der Waals surface area (Å²) in [5.74, 6) is 0.479. The van der Waals surface area contributed by atoms with E-state index in [0.29, 0.717) is 121 Å². The van der Waals surface area contributed by atoms with Gasteiger partial charge in [0.05, 0.1) is 97.1 Å². The zero-order valence-corrected chi connectivity index (χ0v) is 60.8. The predicted octanol–water partition coefficient (Wildman–Crippen LogP) is 4.22. The topological polar surface area (TPSA) is 273 Å². The van der Waals surface area contributed by atoms with Gasteiger partial charge < -0.3 is 52.5 Å². The quantitative estimate of drug-likeness (QED) is 0.122. The van der Waals surface area contributed by atoms with Gasteiger partial charge in [-0.2, -0.15) is 25.4 Å². The molecule has 36 heteroatoms. The Hall–Kier alpha value is -6.75. The average Bonchev–Trinajstić information content (AvgIpc) is 1.58. The van der Waals surface area contributed by atoms with Crippen LogP contribution in [0.3, 0.4) is 0 Å². The Bertz CT molecular complexity index is 4390. The van der Waals surface area contributed by atoms with Gasteiger partial charge in [0.25, 0.3) is 27.9 Å². The van der Waals surface area contributed by atoms with Crippen LogP contribution in [-0.4, -0.2) is 272 Å². The van der Waals surface area contributed by atoms with Crippen molar-refractivity contribution in [3.05, 3.63) is 117 Å². The highest BCUT2D eigenvalue weighted by molar-refractivity contribution is 8.02. The van der Waals surface area contributed by atoms with Gasteiger partial charge in [-0.15, -0.1) is 0 Å². The van der Waals surface area contributed by atoms with Crippen LogP contribution in [0.25, 0.3) is 56.5 Å². The Balaban J connectivity index is 0.000000177. The van der Waals surface area contributed by atoms with Crippen molar-refractivity contribution >= 4 is 157 Å². The molecule has 8 heterocycles. The van der Waals surface area contributed by atoms with E-state index >= 15 is 0 Å². The highest BCUT2D eigenvalue weighted by Gasteiger charge is 2.36. The van der Waals surface area contributed by atoms with E-state index < -0.39 is 51.5 Å². The highest BCUT2D eigenvalue weighted by atomic mass is 32.2. The summed E-state index contributed by atoms with van der Waals surface area (Å²) in [4.78, 5) is 56.9. The Labute approximate surface area is 627 Å². The molecule has 6 aromatic rings. The number of hydrogen-bond donors (Lipinski definition) is 3. The van der Waals surface area contributed by atoms with Crippen LogP contribution >= 0.6 is 0 Å². The summed E-state index contributed by atoms with van der Waals surface area (Å²) >= 11 is 0. The fourth-order valence-corrected chi connectivity index (χ4v) is 17.1. The van der Waals surface area contributed by atoms with Crippen molar-refractivity contribution in [3.8, 4) is 34.0 Å². The minimum absolute atomic E-state index is 0. The van der Waals surface area contributed by atoms with E-state index in [4.69, 9.17) is 80.0 Å². The molecule has 14 rings (SSSR count). The fraction of sp³-hybridized carbons (Fsp3) is 0.478. The van der Waals surface area contributed by atoms with Gasteiger partial charge in [-0.05, 0) is 133 Å². The lowest BCUT2D eigenvalue weighted by molar-refractivity contribution is -0.131. The zero-order valence-electron chi connectivity index (χ0n) is 59.1. The third-order valence-corrected chi connectivity index (χ3v) is 23.2. The smallest absolute Gasteiger partial charge is 0.335 e. The van der Waals surface area contributed by atoms with Crippen LogP contribution in [0.1, 0.15) is 126 Å². The summed E-state index contributed by atoms with van der Waals surface area (Å²) < 4.78 is 88.8. The number of carboxylic acid groups (broad SMARTS) is 1. The van der Waals surface area contributed by atoms with Gasteiger partial charge in [0.2, 0.25) is 0 Å². The van der Waals surface area contributed by atoms with Crippen LogP contribution in [-0.2, 0) is 62.0 Å². The molecule has 0 bridgehead atoms. The molecule has 105 heavy (non-hydrogen) atoms. The van der Waals surface area contributed by atoms with Crippen molar-refractivity contribution in [1.29, 1.82) is 0 Å². The van der Waals surface area contributed by atoms with Crippen molar-refractivity contribution in [1.82, 2.24) is 32.3 Å². The first kappa shape index (κ1) is 80.8. The van der Waals surface area contributed by atoms with E-state index in [9.17, 15) is 41.1 Å². The first-order valence-corrected chi connectivity index (χ1v) is 38.6. The molecule has 8 aliphatic rings. The van der Waals surface area contributed by atoms with Crippen molar-refractivity contribution in [2.24, 2.45) is 5.14 Å². The van der Waals surface area contributed by atoms with Gasteiger partial charge >= 0.3 is 16.2 Å². The maximum absolute atomic E-state index is 14.0. The monoisotopic (exact) mass is 1450 g/mol. The molecule has 13 radical (unpaired) electrons. The maximum atomic E-state index is 14.0. The molecule has 4 N–H and O–H groups in total. The number of benzene rings is 4. The van der Waals surface area contributed by atoms with Crippen LogP contribution in [0.15, 0.2) is 83.9 Å². The number of carbonyl (C=O) groups is 4. The molecule has 4 saturated heterocycles. The number of hydrogen-bond acceptors (Lipinski definition) is 14. The zero-order chi connectivity index (χ0) is 74.0. The molecule has 2 aliphatic carbocycles. The second-order valence-electron chi connectivity index (χ2n) is 27.2. The molecular formula is C69H86B11N8O15S2. The SMILES string of the molecule is C.COc1ccc2c(c1)C=C(C(=O)N1CCOCC1)Cn1c-2c(C2CCCCC2)c2ccc(C(=O)NS(=O)(=O)N3CCOCC3)cc21.COc1ccc2c(c1)C=C(C(=O)N1CCOCC1)Cn1c-2c(C2CCCCC2)c2ccc(C(=O)O)cc21.NS(=O)(=O)N1CCOCC1.[B][B]B([B])B(B([B])[B])B([B])[B]. The van der Waals surface area contributed by atoms with Crippen LogP contribution in [0.5, 0.6) is 11.5 Å². The molecule has 0 atom stereocenters. The largest absolute Gasteiger partial charge is 0.497 e. The highest BCUT2D eigenvalue weighted by Crippen LogP contribution is 2.49. The predicted molar refractivity (Wildman–Crippen MR) is 422 cm³/mol. The minimum Gasteiger partial charge on any atom is -0.497 e. The number of methoxy groups -OCH3 is 2. The van der Waals surface area contributed by atoms with Crippen LogP contribution < -0.4 is 19.3 Å². The maximum Gasteiger partial charge on any atom is 0.335 e. The Morgan fingerprint density at radius 1 is 0.552 bits per heavy atom. The number of nitrogens with two attached hydrogens (primary N) is 1. The van der Waals surface area contributed by atoms with Crippen LogP contribution in [0.2, 0.25) is 0 Å². The molecule has 2 saturated carbocycles. The number of aromatic nitrogens is 2. The summed E-state index contributed by atoms with van der Waals surface area (Å²) in [6.45, 7) is 7.52. The van der Waals surface area contributed by atoms with Gasteiger partial charge in [-0.1, -0.05) is 58.1 Å². The van der Waals surface area contributed by atoms with E-state index in [0.717, 1.165) is 99.7 Å². The minimum atomic E-state index is -4.03. The number of amides is 3. The number of carbonyl (C=O) groups excluding carboxylic acids is 3. The van der Waals surface area contributed by atoms with Crippen LogP contribution in [0, 0.1) is 0 Å². The molecule has 0 unspecified atom stereocenters. The van der Waals surface area contributed by atoms with E-state index in [1.54, 1.807) is 38.5 Å². The second-order valence-corrected chi connectivity index (χ2v) is 30.4. The second kappa shape index (κ2) is 36.4. The van der Waals surface area contributed by atoms with Crippen LogP contribution in [0.4, 0.5) is 0 Å². The standard InChI is InChI=1S/C34H40N4O7S.C30H32N2O5.C4H10N2O3S.CH4.B11/c1-43-27-8-10-28-25(20-27)19-26(34(40)36-11-15-44-16-12-36)22-38-30-21-24(33(39)35-46(41,42)37-13-17-45-18-14-37)7-9-29(30)31(32(28)38)23-5-3-2-4-6-23;1-36-23-8-10-24-21(16-23)15-22(29(33)31-11-13-37-14-12-31)18-32-26-17-20(30(34)35)7-9-25(26)27(28(24)32)19-5-3-2-4-6-19;5-10(7,8)6-1-3-9-4-2-6;;1-7-10(6)11(8(2)3)9(4)5/h7-10,19-21,23H,2-6,11-18,22H2,1H3,(H,35,39);7-10,15-17,19H,2-6,11-14,18H2,1H3,(H,34,35);1-4H2,(H2,5,7,8);1H4;. The summed E-state index contributed by atoms with van der Waals surface area (Å²) in [6.07, 6.45) is 13.3. The summed E-state index contributed by atoms with van der Waals surface area (Å²) in [5.41, 5.74) is 12.1. The normalized spacial score (nSPS) is 18.0. The fourth-order valence-electron chi connectivity index (χ4n) is 15.3. The third-order valence-electron chi connectivity index (χ3n) is 20.7. The number of fused-ring (bicyclic) bond motifs is 10. The summed E-state index contributed by atoms with van der Waals surface area (Å²) in [6, 6.07) is 22.9. The molecule has 4 aromatic carbocycles. The van der Waals surface area contributed by atoms with E-state index in [1.165, 1.54) is 52.5 Å². The number of nitrogens with one attached hydrogen (secondary N) is 1. The first-order valence-electron chi connectivity index (χ1n) is 35.7. The van der Waals surface area contributed by atoms with Crippen molar-refractivity contribution in [2.45, 2.75) is 96.6 Å². The van der Waals surface area contributed by atoms with E-state index in [1.807, 2.05) is 58.4 Å². The van der Waals surface area contributed by atoms with Crippen molar-refractivity contribution in [3.63, 3.8) is 0 Å². The molecular weight excluding hydrogens is 1360 g/mol. The van der Waals surface area contributed by atoms with Gasteiger partial charge in [-0.3, -0.25) is 14.4 Å². The van der Waals surface area contributed by atoms with E-state index in [2.05, 4.69) is 26.0 Å². The number of morpholine rings is 4. The Morgan fingerprint density at radius 3 is 1.30 bits per heavy atom. The molecule has 2 aromatic heterocycles. The number of ether oxygens (including phenoxy) is 6. The lowest BCUT2D eigenvalue weighted by Gasteiger charge is -2.28. The molecule has 6 fully saturated rings. The Kier molecular flexibility index (Phi) is 28.0. The van der Waals surface area contributed by atoms with Gasteiger partial charge in [0.15, 0.2) is 0 Å². The number of rotatable bonds is 15. The van der Waals surface area contributed by atoms with Gasteiger partial charge in [-0.25, -0.2) is 14.7 Å². The van der Waals surface area contributed by atoms with Gasteiger partial charge in [0, 0.05) is 181 Å². The molecule has 3 amide bonds. The summed E-state index contributed by atoms with van der Waals surface area (Å²) in [7, 11) is 29.3. The Morgan fingerprint density at radius 2 is 0.943 bits per heavy atom. The third kappa shape index (κ3) is 18.9. The molecule has 0 spiro atoms. The molecule has 537 valence electrons. The lowest BCUT2D eigenvalue weighted by Crippen LogP contribution is -2.63.